The molecule has 1 aliphatic rings. The van der Waals surface area contributed by atoms with Crippen LogP contribution in [0.2, 0.25) is 0 Å². The number of aryl methyl sites for hydroxylation is 2. The lowest BCUT2D eigenvalue weighted by molar-refractivity contribution is -0.0490. The molecule has 0 amide bonds. The smallest absolute Gasteiger partial charge is 0.225 e. The SMILES string of the molecule is CCc1nc(N2CCC(O)(CCOC)C(C)C2)ncc1C. The van der Waals surface area contributed by atoms with E-state index in [0.29, 0.717) is 13.0 Å². The molecule has 5 heteroatoms. The van der Waals surface area contributed by atoms with E-state index >= 15 is 0 Å². The quantitative estimate of drug-likeness (QED) is 0.899. The first-order chi connectivity index (χ1) is 10.00. The van der Waals surface area contributed by atoms with Crippen molar-refractivity contribution in [3.63, 3.8) is 0 Å². The van der Waals surface area contributed by atoms with E-state index in [2.05, 4.69) is 28.7 Å². The minimum atomic E-state index is -0.634. The maximum Gasteiger partial charge on any atom is 0.225 e. The molecule has 21 heavy (non-hydrogen) atoms. The fraction of sp³-hybridized carbons (Fsp3) is 0.750. The third-order valence-corrected chi connectivity index (χ3v) is 4.65. The van der Waals surface area contributed by atoms with E-state index in [-0.39, 0.29) is 5.92 Å². The molecule has 1 aliphatic heterocycles. The van der Waals surface area contributed by atoms with Crippen LogP contribution in [-0.4, -0.2) is 47.5 Å². The zero-order valence-electron chi connectivity index (χ0n) is 13.6. The molecule has 2 rings (SSSR count). The summed E-state index contributed by atoms with van der Waals surface area (Å²) in [7, 11) is 1.68. The first-order valence-corrected chi connectivity index (χ1v) is 7.79. The number of nitrogens with zero attached hydrogens (tertiary/aromatic N) is 3. The summed E-state index contributed by atoms with van der Waals surface area (Å²) in [5.41, 5.74) is 1.61. The first-order valence-electron chi connectivity index (χ1n) is 7.79. The van der Waals surface area contributed by atoms with Crippen LogP contribution >= 0.6 is 0 Å². The average molecular weight is 293 g/mol. The average Bonchev–Trinajstić information content (AvgIpc) is 2.49. The fourth-order valence-corrected chi connectivity index (χ4v) is 2.98. The molecule has 2 atom stereocenters. The summed E-state index contributed by atoms with van der Waals surface area (Å²) in [6.45, 7) is 8.42. The molecule has 1 fully saturated rings. The van der Waals surface area contributed by atoms with Crippen LogP contribution in [0.15, 0.2) is 6.20 Å². The molecule has 1 aromatic heterocycles. The number of anilines is 1. The zero-order chi connectivity index (χ0) is 15.5. The van der Waals surface area contributed by atoms with Gasteiger partial charge in [-0.05, 0) is 31.7 Å². The second-order valence-corrected chi connectivity index (χ2v) is 6.10. The van der Waals surface area contributed by atoms with Crippen LogP contribution in [0.4, 0.5) is 5.95 Å². The van der Waals surface area contributed by atoms with Gasteiger partial charge in [-0.1, -0.05) is 13.8 Å². The van der Waals surface area contributed by atoms with Gasteiger partial charge in [-0.15, -0.1) is 0 Å². The van der Waals surface area contributed by atoms with Crippen LogP contribution in [0.3, 0.4) is 0 Å². The molecule has 1 aromatic rings. The highest BCUT2D eigenvalue weighted by Crippen LogP contribution is 2.32. The van der Waals surface area contributed by atoms with Gasteiger partial charge in [0.25, 0.3) is 0 Å². The number of ether oxygens (including phenoxy) is 1. The Morgan fingerprint density at radius 3 is 2.90 bits per heavy atom. The number of methoxy groups -OCH3 is 1. The molecule has 0 aromatic carbocycles. The molecule has 2 heterocycles. The van der Waals surface area contributed by atoms with Gasteiger partial charge >= 0.3 is 0 Å². The third-order valence-electron chi connectivity index (χ3n) is 4.65. The lowest BCUT2D eigenvalue weighted by Gasteiger charge is -2.43. The fourth-order valence-electron chi connectivity index (χ4n) is 2.98. The number of rotatable bonds is 5. The number of aliphatic hydroxyl groups is 1. The highest BCUT2D eigenvalue weighted by Gasteiger charge is 2.39. The standard InChI is InChI=1S/C16H27N3O2/c1-5-14-12(2)10-17-15(18-14)19-8-6-16(20,7-9-21-4)13(3)11-19/h10,13,20H,5-9,11H2,1-4H3. The molecule has 0 aliphatic carbocycles. The van der Waals surface area contributed by atoms with E-state index in [1.54, 1.807) is 7.11 Å². The molecule has 1 saturated heterocycles. The molecule has 0 radical (unpaired) electrons. The van der Waals surface area contributed by atoms with Crippen molar-refractivity contribution in [1.82, 2.24) is 9.97 Å². The van der Waals surface area contributed by atoms with Crippen LogP contribution in [0.1, 0.15) is 37.9 Å². The molecule has 5 nitrogen and oxygen atoms in total. The largest absolute Gasteiger partial charge is 0.389 e. The van der Waals surface area contributed by atoms with Crippen molar-refractivity contribution in [1.29, 1.82) is 0 Å². The summed E-state index contributed by atoms with van der Waals surface area (Å²) < 4.78 is 5.11. The summed E-state index contributed by atoms with van der Waals surface area (Å²) in [6, 6.07) is 0. The zero-order valence-corrected chi connectivity index (χ0v) is 13.6. The summed E-state index contributed by atoms with van der Waals surface area (Å²) in [5, 5.41) is 10.7. The molecule has 0 saturated carbocycles. The van der Waals surface area contributed by atoms with E-state index in [0.717, 1.165) is 43.1 Å². The van der Waals surface area contributed by atoms with Gasteiger partial charge in [-0.3, -0.25) is 0 Å². The summed E-state index contributed by atoms with van der Waals surface area (Å²) in [4.78, 5) is 11.3. The van der Waals surface area contributed by atoms with Crippen molar-refractivity contribution in [2.45, 2.75) is 45.6 Å². The minimum Gasteiger partial charge on any atom is -0.389 e. The lowest BCUT2D eigenvalue weighted by Crippen LogP contribution is -2.51. The van der Waals surface area contributed by atoms with Crippen LogP contribution in [-0.2, 0) is 11.2 Å². The van der Waals surface area contributed by atoms with Gasteiger partial charge < -0.3 is 14.7 Å². The van der Waals surface area contributed by atoms with E-state index in [1.165, 1.54) is 0 Å². The Balaban J connectivity index is 2.08. The van der Waals surface area contributed by atoms with Crippen molar-refractivity contribution in [2.75, 3.05) is 31.7 Å². The Kier molecular flexibility index (Phi) is 5.17. The molecule has 2 unspecified atom stereocenters. The highest BCUT2D eigenvalue weighted by molar-refractivity contribution is 5.34. The monoisotopic (exact) mass is 293 g/mol. The third kappa shape index (κ3) is 3.52. The van der Waals surface area contributed by atoms with Crippen molar-refractivity contribution >= 4 is 5.95 Å². The van der Waals surface area contributed by atoms with Crippen LogP contribution < -0.4 is 4.90 Å². The molecule has 1 N–H and O–H groups in total. The van der Waals surface area contributed by atoms with Gasteiger partial charge in [0.15, 0.2) is 0 Å². The molecule has 0 bridgehead atoms. The molecule has 0 spiro atoms. The van der Waals surface area contributed by atoms with Crippen molar-refractivity contribution in [3.05, 3.63) is 17.5 Å². The van der Waals surface area contributed by atoms with Crippen LogP contribution in [0, 0.1) is 12.8 Å². The Morgan fingerprint density at radius 1 is 1.52 bits per heavy atom. The van der Waals surface area contributed by atoms with E-state index in [1.807, 2.05) is 13.1 Å². The van der Waals surface area contributed by atoms with E-state index < -0.39 is 5.60 Å². The first kappa shape index (κ1) is 16.2. The number of hydrogen-bond acceptors (Lipinski definition) is 5. The minimum absolute atomic E-state index is 0.177. The van der Waals surface area contributed by atoms with Crippen LogP contribution in [0.25, 0.3) is 0 Å². The predicted molar refractivity (Wildman–Crippen MR) is 83.6 cm³/mol. The second kappa shape index (κ2) is 6.71. The summed E-state index contributed by atoms with van der Waals surface area (Å²) in [5.74, 6) is 0.967. The van der Waals surface area contributed by atoms with Gasteiger partial charge in [0.1, 0.15) is 0 Å². The van der Waals surface area contributed by atoms with Crippen LogP contribution in [0.5, 0.6) is 0 Å². The van der Waals surface area contributed by atoms with Gasteiger partial charge in [-0.25, -0.2) is 9.97 Å². The lowest BCUT2D eigenvalue weighted by atomic mass is 9.80. The maximum absolute atomic E-state index is 10.7. The van der Waals surface area contributed by atoms with Gasteiger partial charge in [0.05, 0.1) is 5.60 Å². The summed E-state index contributed by atoms with van der Waals surface area (Å²) >= 11 is 0. The topological polar surface area (TPSA) is 58.5 Å². The second-order valence-electron chi connectivity index (χ2n) is 6.10. The number of hydrogen-bond donors (Lipinski definition) is 1. The van der Waals surface area contributed by atoms with Crippen molar-refractivity contribution < 1.29 is 9.84 Å². The summed E-state index contributed by atoms with van der Waals surface area (Å²) in [6.07, 6.45) is 4.24. The number of piperidine rings is 1. The Morgan fingerprint density at radius 2 is 2.29 bits per heavy atom. The Hall–Kier alpha value is -1.20. The molecular weight excluding hydrogens is 266 g/mol. The highest BCUT2D eigenvalue weighted by atomic mass is 16.5. The molecular formula is C16H27N3O2. The van der Waals surface area contributed by atoms with Gasteiger partial charge in [0.2, 0.25) is 5.95 Å². The normalized spacial score (nSPS) is 26.1. The van der Waals surface area contributed by atoms with Crippen molar-refractivity contribution in [3.8, 4) is 0 Å². The van der Waals surface area contributed by atoms with Gasteiger partial charge in [0, 0.05) is 44.6 Å². The Bertz CT molecular complexity index is 481. The number of aromatic nitrogens is 2. The van der Waals surface area contributed by atoms with Gasteiger partial charge in [-0.2, -0.15) is 0 Å². The maximum atomic E-state index is 10.7. The predicted octanol–water partition coefficient (Wildman–Crippen LogP) is 1.96. The molecule has 118 valence electrons. The Labute approximate surface area is 127 Å². The van der Waals surface area contributed by atoms with E-state index in [4.69, 9.17) is 4.74 Å². The van der Waals surface area contributed by atoms with Crippen molar-refractivity contribution in [2.24, 2.45) is 5.92 Å². The van der Waals surface area contributed by atoms with E-state index in [9.17, 15) is 5.11 Å².